The van der Waals surface area contributed by atoms with Gasteiger partial charge < -0.3 is 14.5 Å². The van der Waals surface area contributed by atoms with E-state index in [4.69, 9.17) is 9.15 Å². The predicted octanol–water partition coefficient (Wildman–Crippen LogP) is 4.29. The van der Waals surface area contributed by atoms with Gasteiger partial charge in [0.15, 0.2) is 0 Å². The van der Waals surface area contributed by atoms with Gasteiger partial charge in [-0.05, 0) is 55.9 Å². The second kappa shape index (κ2) is 7.70. The molecule has 0 fully saturated rings. The highest BCUT2D eigenvalue weighted by molar-refractivity contribution is 7.17. The number of ether oxygens (including phenoxy) is 1. The average molecular weight is 359 g/mol. The van der Waals surface area contributed by atoms with E-state index in [1.807, 2.05) is 0 Å². The summed E-state index contributed by atoms with van der Waals surface area (Å²) in [5.41, 5.74) is 1.56. The van der Waals surface area contributed by atoms with Crippen LogP contribution in [0.15, 0.2) is 28.9 Å². The molecule has 1 aliphatic rings. The zero-order valence-corrected chi connectivity index (χ0v) is 15.2. The fourth-order valence-electron chi connectivity index (χ4n) is 2.96. The molecule has 0 saturated carbocycles. The molecule has 1 atom stereocenters. The molecule has 1 N–H and O–H groups in total. The number of rotatable bonds is 5. The maximum atomic E-state index is 12.4. The lowest BCUT2D eigenvalue weighted by Crippen LogP contribution is -2.15. The van der Waals surface area contributed by atoms with E-state index in [9.17, 15) is 9.59 Å². The van der Waals surface area contributed by atoms with Crippen LogP contribution in [0.1, 0.15) is 46.8 Å². The molecule has 0 spiro atoms. The summed E-state index contributed by atoms with van der Waals surface area (Å²) < 4.78 is 10.4. The second-order valence-corrected chi connectivity index (χ2v) is 7.22. The van der Waals surface area contributed by atoms with Crippen LogP contribution >= 0.6 is 11.3 Å². The summed E-state index contributed by atoms with van der Waals surface area (Å²) in [4.78, 5) is 25.8. The zero-order chi connectivity index (χ0) is 17.8. The summed E-state index contributed by atoms with van der Waals surface area (Å²) >= 11 is 1.48. The monoisotopic (exact) mass is 359 g/mol. The number of anilines is 1. The van der Waals surface area contributed by atoms with E-state index in [-0.39, 0.29) is 11.9 Å². The Hall–Kier alpha value is -2.34. The van der Waals surface area contributed by atoms with Crippen LogP contribution in [0.25, 0.3) is 6.08 Å². The molecule has 0 bridgehead atoms. The van der Waals surface area contributed by atoms with Crippen molar-refractivity contribution in [2.24, 2.45) is 5.92 Å². The molecule has 2 aromatic rings. The van der Waals surface area contributed by atoms with Crippen LogP contribution in [0.4, 0.5) is 5.00 Å². The third-order valence-corrected chi connectivity index (χ3v) is 5.34. The Morgan fingerprint density at radius 3 is 3.04 bits per heavy atom. The van der Waals surface area contributed by atoms with Crippen molar-refractivity contribution in [2.75, 3.05) is 11.9 Å². The van der Waals surface area contributed by atoms with Crippen LogP contribution in [-0.4, -0.2) is 18.5 Å². The van der Waals surface area contributed by atoms with Crippen molar-refractivity contribution in [2.45, 2.75) is 33.1 Å². The molecule has 1 aliphatic carbocycles. The lowest BCUT2D eigenvalue weighted by atomic mass is 9.88. The summed E-state index contributed by atoms with van der Waals surface area (Å²) in [6.07, 6.45) is 7.36. The molecule has 2 heterocycles. The first kappa shape index (κ1) is 17.5. The first-order valence-electron chi connectivity index (χ1n) is 8.42. The highest BCUT2D eigenvalue weighted by Gasteiger charge is 2.28. The summed E-state index contributed by atoms with van der Waals surface area (Å²) in [7, 11) is 0. The van der Waals surface area contributed by atoms with Gasteiger partial charge in [0.05, 0.1) is 18.4 Å². The maximum Gasteiger partial charge on any atom is 0.341 e. The van der Waals surface area contributed by atoms with E-state index < -0.39 is 0 Å². The first-order chi connectivity index (χ1) is 12.1. The molecule has 2 aromatic heterocycles. The number of hydrogen-bond donors (Lipinski definition) is 1. The van der Waals surface area contributed by atoms with Crippen molar-refractivity contribution in [3.05, 3.63) is 46.2 Å². The lowest BCUT2D eigenvalue weighted by molar-refractivity contribution is -0.111. The van der Waals surface area contributed by atoms with E-state index in [1.165, 1.54) is 22.3 Å². The fourth-order valence-corrected chi connectivity index (χ4v) is 4.36. The Morgan fingerprint density at radius 1 is 1.48 bits per heavy atom. The minimum absolute atomic E-state index is 0.298. The smallest absolute Gasteiger partial charge is 0.341 e. The van der Waals surface area contributed by atoms with Gasteiger partial charge in [-0.25, -0.2) is 4.79 Å². The number of amides is 1. The van der Waals surface area contributed by atoms with Crippen molar-refractivity contribution < 1.29 is 18.7 Å². The molecule has 6 heteroatoms. The highest BCUT2D eigenvalue weighted by Crippen LogP contribution is 2.40. The molecule has 0 aliphatic heterocycles. The van der Waals surface area contributed by atoms with E-state index in [1.54, 1.807) is 31.4 Å². The average Bonchev–Trinajstić information content (AvgIpc) is 3.19. The van der Waals surface area contributed by atoms with Gasteiger partial charge in [-0.1, -0.05) is 6.92 Å². The molecule has 132 valence electrons. The third kappa shape index (κ3) is 4.02. The van der Waals surface area contributed by atoms with Crippen molar-refractivity contribution >= 4 is 34.3 Å². The number of furan rings is 1. The molecular weight excluding hydrogens is 338 g/mol. The third-order valence-electron chi connectivity index (χ3n) is 4.17. The SMILES string of the molecule is CCOC(=O)c1c(NC(=O)/C=C/c2ccco2)sc2c1CC[C@H](C)C2. The normalized spacial score (nSPS) is 16.6. The number of esters is 1. The summed E-state index contributed by atoms with van der Waals surface area (Å²) in [5, 5.41) is 3.41. The number of nitrogens with one attached hydrogen (secondary N) is 1. The van der Waals surface area contributed by atoms with E-state index >= 15 is 0 Å². The van der Waals surface area contributed by atoms with Crippen molar-refractivity contribution in [1.82, 2.24) is 0 Å². The Morgan fingerprint density at radius 2 is 2.32 bits per heavy atom. The van der Waals surface area contributed by atoms with Crippen LogP contribution in [0.5, 0.6) is 0 Å². The molecule has 0 aromatic carbocycles. The van der Waals surface area contributed by atoms with Crippen LogP contribution in [-0.2, 0) is 22.4 Å². The number of carbonyl (C=O) groups excluding carboxylic acids is 2. The second-order valence-electron chi connectivity index (χ2n) is 6.11. The number of carbonyl (C=O) groups is 2. The minimum Gasteiger partial charge on any atom is -0.465 e. The molecule has 0 saturated heterocycles. The largest absolute Gasteiger partial charge is 0.465 e. The van der Waals surface area contributed by atoms with E-state index in [0.717, 1.165) is 24.8 Å². The molecule has 3 rings (SSSR count). The van der Waals surface area contributed by atoms with Gasteiger partial charge in [0, 0.05) is 11.0 Å². The summed E-state index contributed by atoms with van der Waals surface area (Å²) in [6, 6.07) is 3.52. The Kier molecular flexibility index (Phi) is 5.38. The first-order valence-corrected chi connectivity index (χ1v) is 9.24. The van der Waals surface area contributed by atoms with E-state index in [0.29, 0.717) is 28.8 Å². The fraction of sp³-hybridized carbons (Fsp3) is 0.368. The van der Waals surface area contributed by atoms with Crippen molar-refractivity contribution in [1.29, 1.82) is 0 Å². The van der Waals surface area contributed by atoms with Gasteiger partial charge in [0.25, 0.3) is 0 Å². The molecule has 0 radical (unpaired) electrons. The topological polar surface area (TPSA) is 68.5 Å². The van der Waals surface area contributed by atoms with Crippen LogP contribution in [0.2, 0.25) is 0 Å². The van der Waals surface area contributed by atoms with Gasteiger partial charge >= 0.3 is 5.97 Å². The number of hydrogen-bond acceptors (Lipinski definition) is 5. The van der Waals surface area contributed by atoms with Gasteiger partial charge in [-0.2, -0.15) is 0 Å². The van der Waals surface area contributed by atoms with Gasteiger partial charge in [-0.3, -0.25) is 4.79 Å². The zero-order valence-electron chi connectivity index (χ0n) is 14.3. The van der Waals surface area contributed by atoms with Crippen LogP contribution in [0.3, 0.4) is 0 Å². The molecule has 1 amide bonds. The van der Waals surface area contributed by atoms with Gasteiger partial charge in [0.2, 0.25) is 5.91 Å². The van der Waals surface area contributed by atoms with Crippen LogP contribution in [0, 0.1) is 5.92 Å². The number of thiophene rings is 1. The Labute approximate surface area is 150 Å². The number of fused-ring (bicyclic) bond motifs is 1. The van der Waals surface area contributed by atoms with Gasteiger partial charge in [-0.15, -0.1) is 11.3 Å². The van der Waals surface area contributed by atoms with Gasteiger partial charge in [0.1, 0.15) is 10.8 Å². The Bertz CT molecular complexity index is 789. The van der Waals surface area contributed by atoms with Crippen molar-refractivity contribution in [3.8, 4) is 0 Å². The standard InChI is InChI=1S/C19H21NO4S/c1-3-23-19(22)17-14-8-6-12(2)11-15(14)25-18(17)20-16(21)9-7-13-5-4-10-24-13/h4-5,7,9-10,12H,3,6,8,11H2,1-2H3,(H,20,21)/b9-7+/t12-/m0/s1. The Balaban J connectivity index is 1.84. The molecule has 0 unspecified atom stereocenters. The highest BCUT2D eigenvalue weighted by atomic mass is 32.1. The van der Waals surface area contributed by atoms with E-state index in [2.05, 4.69) is 12.2 Å². The molecule has 25 heavy (non-hydrogen) atoms. The lowest BCUT2D eigenvalue weighted by Gasteiger charge is -2.18. The predicted molar refractivity (Wildman–Crippen MR) is 97.8 cm³/mol. The minimum atomic E-state index is -0.361. The maximum absolute atomic E-state index is 12.4. The quantitative estimate of drug-likeness (QED) is 0.638. The molecule has 5 nitrogen and oxygen atoms in total. The summed E-state index contributed by atoms with van der Waals surface area (Å²) in [5.74, 6) is 0.525. The van der Waals surface area contributed by atoms with Crippen LogP contribution < -0.4 is 5.32 Å². The molecular formula is C19H21NO4S. The van der Waals surface area contributed by atoms with Crippen molar-refractivity contribution in [3.63, 3.8) is 0 Å². The summed E-state index contributed by atoms with van der Waals surface area (Å²) in [6.45, 7) is 4.30.